The molecule has 0 spiro atoms. The lowest BCUT2D eigenvalue weighted by atomic mass is 9.93. The van der Waals surface area contributed by atoms with Crippen molar-refractivity contribution in [2.24, 2.45) is 0 Å². The van der Waals surface area contributed by atoms with Crippen LogP contribution in [0.1, 0.15) is 51.9 Å². The molecule has 0 radical (unpaired) electrons. The van der Waals surface area contributed by atoms with Gasteiger partial charge in [-0.15, -0.1) is 0 Å². The summed E-state index contributed by atoms with van der Waals surface area (Å²) in [5.74, 6) is 0. The number of aryl methyl sites for hydroxylation is 1. The number of likely N-dealkylation sites (tertiary alicyclic amines) is 1. The Bertz CT molecular complexity index is 543. The average molecular weight is 320 g/mol. The van der Waals surface area contributed by atoms with E-state index < -0.39 is 5.60 Å². The van der Waals surface area contributed by atoms with Crippen LogP contribution in [0.25, 0.3) is 0 Å². The first-order chi connectivity index (χ1) is 10.7. The molecule has 1 aromatic rings. The van der Waals surface area contributed by atoms with Crippen molar-refractivity contribution in [2.45, 2.75) is 65.3 Å². The van der Waals surface area contributed by atoms with Crippen LogP contribution in [0.2, 0.25) is 0 Å². The van der Waals surface area contributed by atoms with Crippen LogP contribution in [0.3, 0.4) is 0 Å². The smallest absolute Gasteiger partial charge is 0.410 e. The number of pyridine rings is 1. The van der Waals surface area contributed by atoms with E-state index in [2.05, 4.69) is 11.9 Å². The zero-order valence-corrected chi connectivity index (χ0v) is 14.9. The topological polar surface area (TPSA) is 51.7 Å². The van der Waals surface area contributed by atoms with Crippen LogP contribution in [0.15, 0.2) is 18.2 Å². The summed E-state index contributed by atoms with van der Waals surface area (Å²) in [7, 11) is 0. The summed E-state index contributed by atoms with van der Waals surface area (Å²) >= 11 is 0. The number of amides is 1. The zero-order valence-electron chi connectivity index (χ0n) is 14.9. The first kappa shape index (κ1) is 17.7. The molecule has 2 rings (SSSR count). The summed E-state index contributed by atoms with van der Waals surface area (Å²) in [5, 5.41) is 0. The van der Waals surface area contributed by atoms with Crippen molar-refractivity contribution in [2.75, 3.05) is 13.1 Å². The van der Waals surface area contributed by atoms with Crippen molar-refractivity contribution < 1.29 is 14.3 Å². The third-order valence-corrected chi connectivity index (χ3v) is 3.99. The van der Waals surface area contributed by atoms with Gasteiger partial charge in [0.05, 0.1) is 17.9 Å². The highest BCUT2D eigenvalue weighted by atomic mass is 16.6. The maximum atomic E-state index is 12.1. The van der Waals surface area contributed by atoms with E-state index in [0.29, 0.717) is 19.7 Å². The Labute approximate surface area is 139 Å². The first-order valence-corrected chi connectivity index (χ1v) is 8.21. The molecule has 128 valence electrons. The van der Waals surface area contributed by atoms with E-state index in [1.54, 1.807) is 4.90 Å². The fourth-order valence-corrected chi connectivity index (χ4v) is 2.56. The molecule has 1 aliphatic rings. The summed E-state index contributed by atoms with van der Waals surface area (Å²) < 4.78 is 11.5. The van der Waals surface area contributed by atoms with Gasteiger partial charge >= 0.3 is 6.09 Å². The lowest BCUT2D eigenvalue weighted by Gasteiger charge is -2.39. The molecule has 0 aromatic carbocycles. The molecular formula is C18H28N2O3. The molecule has 1 saturated heterocycles. The molecule has 5 heteroatoms. The Balaban J connectivity index is 1.83. The van der Waals surface area contributed by atoms with Crippen molar-refractivity contribution in [3.63, 3.8) is 0 Å². The number of carbonyl (C=O) groups excluding carboxylic acids is 1. The normalized spacial score (nSPS) is 17.9. The number of hydrogen-bond donors (Lipinski definition) is 0. The lowest BCUT2D eigenvalue weighted by Crippen LogP contribution is -2.47. The quantitative estimate of drug-likeness (QED) is 0.852. The van der Waals surface area contributed by atoms with Gasteiger partial charge in [0, 0.05) is 18.8 Å². The van der Waals surface area contributed by atoms with Gasteiger partial charge in [0.2, 0.25) is 0 Å². The van der Waals surface area contributed by atoms with Gasteiger partial charge in [0.1, 0.15) is 5.60 Å². The van der Waals surface area contributed by atoms with E-state index in [-0.39, 0.29) is 11.7 Å². The summed E-state index contributed by atoms with van der Waals surface area (Å²) in [6.45, 7) is 11.6. The highest BCUT2D eigenvalue weighted by molar-refractivity contribution is 5.68. The fourth-order valence-electron chi connectivity index (χ4n) is 2.56. The van der Waals surface area contributed by atoms with Crippen molar-refractivity contribution in [3.8, 4) is 0 Å². The third-order valence-electron chi connectivity index (χ3n) is 3.99. The summed E-state index contributed by atoms with van der Waals surface area (Å²) in [4.78, 5) is 18.3. The van der Waals surface area contributed by atoms with Gasteiger partial charge < -0.3 is 14.4 Å². The molecule has 0 aliphatic carbocycles. The van der Waals surface area contributed by atoms with E-state index in [0.717, 1.165) is 24.2 Å². The van der Waals surface area contributed by atoms with Gasteiger partial charge in [-0.05, 0) is 59.6 Å². The van der Waals surface area contributed by atoms with Gasteiger partial charge in [0.25, 0.3) is 0 Å². The minimum Gasteiger partial charge on any atom is -0.444 e. The minimum atomic E-state index is -0.453. The average Bonchev–Trinajstić information content (AvgIpc) is 2.44. The van der Waals surface area contributed by atoms with Crippen LogP contribution >= 0.6 is 0 Å². The maximum absolute atomic E-state index is 12.1. The van der Waals surface area contributed by atoms with Crippen LogP contribution in [-0.2, 0) is 16.1 Å². The van der Waals surface area contributed by atoms with E-state index in [1.165, 1.54) is 0 Å². The largest absolute Gasteiger partial charge is 0.444 e. The van der Waals surface area contributed by atoms with Gasteiger partial charge in [0.15, 0.2) is 0 Å². The highest BCUT2D eigenvalue weighted by Gasteiger charge is 2.34. The highest BCUT2D eigenvalue weighted by Crippen LogP contribution is 2.27. The molecule has 23 heavy (non-hydrogen) atoms. The standard InChI is InChI=1S/C18H28N2O3/c1-14-7-6-8-15(19-14)13-22-18(5)9-11-20(12-10-18)16(21)23-17(2,3)4/h6-8H,9-13H2,1-5H3. The second-order valence-electron chi connectivity index (χ2n) is 7.48. The molecule has 0 unspecified atom stereocenters. The predicted octanol–water partition coefficient (Wildman–Crippen LogP) is 3.70. The molecule has 0 saturated carbocycles. The van der Waals surface area contributed by atoms with Crippen molar-refractivity contribution in [1.82, 2.24) is 9.88 Å². The van der Waals surface area contributed by atoms with Crippen LogP contribution in [-0.4, -0.2) is 40.3 Å². The predicted molar refractivity (Wildman–Crippen MR) is 89.2 cm³/mol. The molecule has 1 aliphatic heterocycles. The third kappa shape index (κ3) is 5.50. The molecule has 1 fully saturated rings. The molecule has 2 heterocycles. The van der Waals surface area contributed by atoms with Gasteiger partial charge in [-0.3, -0.25) is 4.98 Å². The number of aromatic nitrogens is 1. The van der Waals surface area contributed by atoms with Crippen LogP contribution in [0.5, 0.6) is 0 Å². The fraction of sp³-hybridized carbons (Fsp3) is 0.667. The first-order valence-electron chi connectivity index (χ1n) is 8.21. The van der Waals surface area contributed by atoms with Crippen molar-refractivity contribution in [1.29, 1.82) is 0 Å². The summed E-state index contributed by atoms with van der Waals surface area (Å²) in [6, 6.07) is 5.95. The van der Waals surface area contributed by atoms with E-state index >= 15 is 0 Å². The molecule has 1 aromatic heterocycles. The Morgan fingerprint density at radius 2 is 1.96 bits per heavy atom. The van der Waals surface area contributed by atoms with Gasteiger partial charge in [-0.2, -0.15) is 0 Å². The molecular weight excluding hydrogens is 292 g/mol. The molecule has 0 bridgehead atoms. The molecule has 1 amide bonds. The van der Waals surface area contributed by atoms with Crippen molar-refractivity contribution >= 4 is 6.09 Å². The Kier molecular flexibility index (Phi) is 5.30. The number of carbonyl (C=O) groups is 1. The second kappa shape index (κ2) is 6.87. The second-order valence-corrected chi connectivity index (χ2v) is 7.48. The van der Waals surface area contributed by atoms with E-state index in [4.69, 9.17) is 9.47 Å². The Morgan fingerprint density at radius 1 is 1.30 bits per heavy atom. The van der Waals surface area contributed by atoms with Crippen molar-refractivity contribution in [3.05, 3.63) is 29.6 Å². The van der Waals surface area contributed by atoms with Gasteiger partial charge in [-0.1, -0.05) is 6.07 Å². The molecule has 5 nitrogen and oxygen atoms in total. The number of rotatable bonds is 3. The van der Waals surface area contributed by atoms with Crippen LogP contribution in [0.4, 0.5) is 4.79 Å². The number of piperidine rings is 1. The Morgan fingerprint density at radius 3 is 2.52 bits per heavy atom. The summed E-state index contributed by atoms with van der Waals surface area (Å²) in [5.41, 5.74) is 1.27. The number of ether oxygens (including phenoxy) is 2. The molecule has 0 N–H and O–H groups in total. The molecule has 0 atom stereocenters. The summed E-state index contributed by atoms with van der Waals surface area (Å²) in [6.07, 6.45) is 1.37. The van der Waals surface area contributed by atoms with Crippen LogP contribution in [0, 0.1) is 6.92 Å². The maximum Gasteiger partial charge on any atom is 0.410 e. The zero-order chi connectivity index (χ0) is 17.1. The number of nitrogens with zero attached hydrogens (tertiary/aromatic N) is 2. The lowest BCUT2D eigenvalue weighted by molar-refractivity contribution is -0.0821. The van der Waals surface area contributed by atoms with Gasteiger partial charge in [-0.25, -0.2) is 4.79 Å². The van der Waals surface area contributed by atoms with Crippen LogP contribution < -0.4 is 0 Å². The van der Waals surface area contributed by atoms with E-state index in [1.807, 2.05) is 45.9 Å². The number of hydrogen-bond acceptors (Lipinski definition) is 4. The van der Waals surface area contributed by atoms with E-state index in [9.17, 15) is 4.79 Å². The SMILES string of the molecule is Cc1cccc(COC2(C)CCN(C(=O)OC(C)(C)C)CC2)n1. The Hall–Kier alpha value is -1.62. The minimum absolute atomic E-state index is 0.218. The monoisotopic (exact) mass is 320 g/mol.